The van der Waals surface area contributed by atoms with Crippen LogP contribution in [0.5, 0.6) is 5.75 Å². The second kappa shape index (κ2) is 4.60. The van der Waals surface area contributed by atoms with E-state index in [1.165, 1.54) is 6.07 Å². The highest BCUT2D eigenvalue weighted by molar-refractivity contribution is 6.31. The normalized spacial score (nSPS) is 10.2. The standard InChI is InChI=1S/C14H11ClO2/c1-9-5-6-13(16)12(7-9)14(17)10-3-2-4-11(15)8-10/h2-8,16H,1H3. The maximum atomic E-state index is 12.2. The molecule has 0 saturated heterocycles. The zero-order valence-corrected chi connectivity index (χ0v) is 10.0. The lowest BCUT2D eigenvalue weighted by molar-refractivity contribution is 0.103. The van der Waals surface area contributed by atoms with E-state index < -0.39 is 0 Å². The summed E-state index contributed by atoms with van der Waals surface area (Å²) < 4.78 is 0. The van der Waals surface area contributed by atoms with Crippen molar-refractivity contribution in [2.45, 2.75) is 6.92 Å². The first kappa shape index (κ1) is 11.7. The molecule has 0 atom stereocenters. The second-order valence-corrected chi connectivity index (χ2v) is 4.30. The van der Waals surface area contributed by atoms with Crippen molar-refractivity contribution in [3.63, 3.8) is 0 Å². The lowest BCUT2D eigenvalue weighted by Crippen LogP contribution is -2.01. The predicted octanol–water partition coefficient (Wildman–Crippen LogP) is 3.59. The van der Waals surface area contributed by atoms with Gasteiger partial charge in [0.2, 0.25) is 0 Å². The number of halogens is 1. The third-order valence-corrected chi connectivity index (χ3v) is 2.72. The van der Waals surface area contributed by atoms with Gasteiger partial charge in [0.15, 0.2) is 5.78 Å². The molecule has 0 aliphatic rings. The molecular weight excluding hydrogens is 236 g/mol. The SMILES string of the molecule is Cc1ccc(O)c(C(=O)c2cccc(Cl)c2)c1. The molecule has 0 radical (unpaired) electrons. The molecule has 0 aromatic heterocycles. The van der Waals surface area contributed by atoms with Crippen LogP contribution >= 0.6 is 11.6 Å². The molecule has 0 aliphatic heterocycles. The summed E-state index contributed by atoms with van der Waals surface area (Å²) in [6.07, 6.45) is 0. The van der Waals surface area contributed by atoms with Gasteiger partial charge >= 0.3 is 0 Å². The minimum atomic E-state index is -0.228. The van der Waals surface area contributed by atoms with Crippen molar-refractivity contribution in [2.75, 3.05) is 0 Å². The topological polar surface area (TPSA) is 37.3 Å². The van der Waals surface area contributed by atoms with Crippen molar-refractivity contribution in [3.05, 3.63) is 64.2 Å². The Balaban J connectivity index is 2.47. The molecule has 86 valence electrons. The van der Waals surface area contributed by atoms with E-state index >= 15 is 0 Å². The van der Waals surface area contributed by atoms with E-state index in [9.17, 15) is 9.90 Å². The number of aromatic hydroxyl groups is 1. The van der Waals surface area contributed by atoms with E-state index in [1.54, 1.807) is 36.4 Å². The van der Waals surface area contributed by atoms with Gasteiger partial charge in [-0.3, -0.25) is 4.79 Å². The molecule has 0 fully saturated rings. The maximum Gasteiger partial charge on any atom is 0.196 e. The molecule has 17 heavy (non-hydrogen) atoms. The fourth-order valence-electron chi connectivity index (χ4n) is 1.62. The summed E-state index contributed by atoms with van der Waals surface area (Å²) >= 11 is 5.83. The van der Waals surface area contributed by atoms with Gasteiger partial charge in [-0.25, -0.2) is 0 Å². The number of phenols is 1. The fraction of sp³-hybridized carbons (Fsp3) is 0.0714. The number of carbonyl (C=O) groups excluding carboxylic acids is 1. The van der Waals surface area contributed by atoms with Crippen LogP contribution in [0.4, 0.5) is 0 Å². The Morgan fingerprint density at radius 1 is 1.18 bits per heavy atom. The smallest absolute Gasteiger partial charge is 0.196 e. The Kier molecular flexibility index (Phi) is 3.16. The second-order valence-electron chi connectivity index (χ2n) is 3.86. The summed E-state index contributed by atoms with van der Waals surface area (Å²) in [6.45, 7) is 1.87. The summed E-state index contributed by atoms with van der Waals surface area (Å²) in [5.41, 5.74) is 1.69. The zero-order valence-electron chi connectivity index (χ0n) is 9.27. The van der Waals surface area contributed by atoms with E-state index in [0.717, 1.165) is 5.56 Å². The van der Waals surface area contributed by atoms with Gasteiger partial charge in [0.25, 0.3) is 0 Å². The van der Waals surface area contributed by atoms with Crippen LogP contribution in [0, 0.1) is 6.92 Å². The number of carbonyl (C=O) groups is 1. The molecule has 0 bridgehead atoms. The van der Waals surface area contributed by atoms with E-state index in [2.05, 4.69) is 0 Å². The molecule has 2 aromatic carbocycles. The molecule has 0 saturated carbocycles. The molecule has 0 unspecified atom stereocenters. The number of aryl methyl sites for hydroxylation is 1. The maximum absolute atomic E-state index is 12.2. The fourth-order valence-corrected chi connectivity index (χ4v) is 1.81. The molecule has 0 spiro atoms. The van der Waals surface area contributed by atoms with Gasteiger partial charge in [-0.05, 0) is 31.2 Å². The van der Waals surface area contributed by atoms with Crippen LogP contribution in [0.25, 0.3) is 0 Å². The Morgan fingerprint density at radius 2 is 1.94 bits per heavy atom. The van der Waals surface area contributed by atoms with Crippen LogP contribution in [-0.4, -0.2) is 10.9 Å². The minimum absolute atomic E-state index is 0.0134. The minimum Gasteiger partial charge on any atom is -0.507 e. The van der Waals surface area contributed by atoms with Gasteiger partial charge < -0.3 is 5.11 Å². The van der Waals surface area contributed by atoms with Crippen molar-refractivity contribution in [1.82, 2.24) is 0 Å². The number of benzene rings is 2. The first-order valence-electron chi connectivity index (χ1n) is 5.18. The monoisotopic (exact) mass is 246 g/mol. The highest BCUT2D eigenvalue weighted by atomic mass is 35.5. The Bertz CT molecular complexity index is 576. The summed E-state index contributed by atoms with van der Waals surface area (Å²) in [6, 6.07) is 11.6. The molecule has 2 aromatic rings. The van der Waals surface area contributed by atoms with E-state index in [-0.39, 0.29) is 11.5 Å². The van der Waals surface area contributed by atoms with Crippen LogP contribution in [0.3, 0.4) is 0 Å². The molecule has 0 aliphatic carbocycles. The van der Waals surface area contributed by atoms with Gasteiger partial charge in [0.05, 0.1) is 5.56 Å². The van der Waals surface area contributed by atoms with Gasteiger partial charge in [0.1, 0.15) is 5.75 Å². The van der Waals surface area contributed by atoms with Crippen LogP contribution in [0.15, 0.2) is 42.5 Å². The first-order valence-corrected chi connectivity index (χ1v) is 5.55. The Labute approximate surface area is 104 Å². The highest BCUT2D eigenvalue weighted by Gasteiger charge is 2.13. The van der Waals surface area contributed by atoms with Gasteiger partial charge in [-0.1, -0.05) is 35.4 Å². The zero-order chi connectivity index (χ0) is 12.4. The van der Waals surface area contributed by atoms with E-state index in [1.807, 2.05) is 6.92 Å². The molecule has 3 heteroatoms. The molecule has 2 rings (SSSR count). The van der Waals surface area contributed by atoms with Crippen LogP contribution in [-0.2, 0) is 0 Å². The largest absolute Gasteiger partial charge is 0.507 e. The lowest BCUT2D eigenvalue weighted by Gasteiger charge is -2.05. The predicted molar refractivity (Wildman–Crippen MR) is 67.7 cm³/mol. The molecule has 1 N–H and O–H groups in total. The third kappa shape index (κ3) is 2.48. The number of rotatable bonds is 2. The summed E-state index contributed by atoms with van der Waals surface area (Å²) in [4.78, 5) is 12.2. The van der Waals surface area contributed by atoms with Crippen molar-refractivity contribution < 1.29 is 9.90 Å². The molecule has 0 heterocycles. The summed E-state index contributed by atoms with van der Waals surface area (Å²) in [5.74, 6) is -0.241. The molecular formula is C14H11ClO2. The average molecular weight is 247 g/mol. The van der Waals surface area contributed by atoms with Crippen molar-refractivity contribution in [3.8, 4) is 5.75 Å². The number of phenolic OH excluding ortho intramolecular Hbond substituents is 1. The van der Waals surface area contributed by atoms with Gasteiger partial charge in [0, 0.05) is 10.6 Å². The number of hydrogen-bond acceptors (Lipinski definition) is 2. The van der Waals surface area contributed by atoms with Crippen molar-refractivity contribution >= 4 is 17.4 Å². The van der Waals surface area contributed by atoms with Crippen molar-refractivity contribution in [2.24, 2.45) is 0 Å². The third-order valence-electron chi connectivity index (χ3n) is 2.48. The number of ketones is 1. The highest BCUT2D eigenvalue weighted by Crippen LogP contribution is 2.22. The average Bonchev–Trinajstić information content (AvgIpc) is 2.31. The van der Waals surface area contributed by atoms with Crippen LogP contribution < -0.4 is 0 Å². The lowest BCUT2D eigenvalue weighted by atomic mass is 10.0. The molecule has 2 nitrogen and oxygen atoms in total. The first-order chi connectivity index (χ1) is 8.08. The van der Waals surface area contributed by atoms with Gasteiger partial charge in [-0.2, -0.15) is 0 Å². The van der Waals surface area contributed by atoms with Crippen LogP contribution in [0.1, 0.15) is 21.5 Å². The van der Waals surface area contributed by atoms with Crippen LogP contribution in [0.2, 0.25) is 5.02 Å². The van der Waals surface area contributed by atoms with E-state index in [4.69, 9.17) is 11.6 Å². The number of hydrogen-bond donors (Lipinski definition) is 1. The Hall–Kier alpha value is -1.80. The van der Waals surface area contributed by atoms with Crippen molar-refractivity contribution in [1.29, 1.82) is 0 Å². The molecule has 0 amide bonds. The summed E-state index contributed by atoms with van der Waals surface area (Å²) in [7, 11) is 0. The summed E-state index contributed by atoms with van der Waals surface area (Å²) in [5, 5.41) is 10.2. The van der Waals surface area contributed by atoms with Gasteiger partial charge in [-0.15, -0.1) is 0 Å². The quantitative estimate of drug-likeness (QED) is 0.823. The Morgan fingerprint density at radius 3 is 2.65 bits per heavy atom. The van der Waals surface area contributed by atoms with E-state index in [0.29, 0.717) is 16.1 Å².